The van der Waals surface area contributed by atoms with Gasteiger partial charge in [0.05, 0.1) is 30.4 Å². The normalized spacial score (nSPS) is 11.8. The zero-order chi connectivity index (χ0) is 23.7. The minimum Gasteiger partial charge on any atom is -0.495 e. The van der Waals surface area contributed by atoms with Crippen LogP contribution in [0.5, 0.6) is 5.75 Å². The molecule has 3 rings (SSSR count). The van der Waals surface area contributed by atoms with Crippen LogP contribution in [0.1, 0.15) is 15.2 Å². The number of carbonyl (C=O) groups excluding carboxylic acids is 1. The molecule has 0 unspecified atom stereocenters. The number of aryl methyl sites for hydroxylation is 1. The van der Waals surface area contributed by atoms with Gasteiger partial charge in [-0.3, -0.25) is 4.72 Å². The van der Waals surface area contributed by atoms with E-state index in [1.54, 1.807) is 6.07 Å². The molecule has 1 N–H and O–H groups in total. The highest BCUT2D eigenvalue weighted by Crippen LogP contribution is 2.37. The van der Waals surface area contributed by atoms with Crippen molar-refractivity contribution in [2.75, 3.05) is 25.2 Å². The Kier molecular flexibility index (Phi) is 6.63. The lowest BCUT2D eigenvalue weighted by Crippen LogP contribution is -2.16. The summed E-state index contributed by atoms with van der Waals surface area (Å²) in [6.45, 7) is 1.91. The van der Waals surface area contributed by atoms with Gasteiger partial charge in [0.15, 0.2) is 9.84 Å². The molecule has 0 bridgehead atoms. The van der Waals surface area contributed by atoms with E-state index in [0.717, 1.165) is 22.1 Å². The van der Waals surface area contributed by atoms with E-state index in [9.17, 15) is 21.6 Å². The summed E-state index contributed by atoms with van der Waals surface area (Å²) in [6.07, 6.45) is 1.04. The SMILES string of the molecule is COC(=O)c1ccc(OC)c(S(=O)(=O)Nc2cc(S(C)(=O)=O)ccc2-c2ccc(C)s2)c1. The molecule has 0 amide bonds. The van der Waals surface area contributed by atoms with Gasteiger partial charge in [-0.15, -0.1) is 11.3 Å². The molecular formula is C21H21NO7S3. The maximum absolute atomic E-state index is 13.3. The summed E-state index contributed by atoms with van der Waals surface area (Å²) in [5, 5.41) is 0. The summed E-state index contributed by atoms with van der Waals surface area (Å²) >= 11 is 1.44. The number of benzene rings is 2. The smallest absolute Gasteiger partial charge is 0.337 e. The maximum atomic E-state index is 13.3. The van der Waals surface area contributed by atoms with Crippen molar-refractivity contribution in [1.29, 1.82) is 0 Å². The fourth-order valence-electron chi connectivity index (χ4n) is 2.96. The van der Waals surface area contributed by atoms with E-state index in [2.05, 4.69) is 9.46 Å². The third kappa shape index (κ3) is 4.95. The Morgan fingerprint density at radius 2 is 1.69 bits per heavy atom. The molecule has 1 aromatic heterocycles. The third-order valence-corrected chi connectivity index (χ3v) is 8.07. The maximum Gasteiger partial charge on any atom is 0.337 e. The minimum atomic E-state index is -4.28. The number of nitrogens with one attached hydrogen (secondary N) is 1. The largest absolute Gasteiger partial charge is 0.495 e. The number of ether oxygens (including phenoxy) is 2. The molecule has 0 fully saturated rings. The Labute approximate surface area is 190 Å². The van der Waals surface area contributed by atoms with Crippen LogP contribution in [0.25, 0.3) is 10.4 Å². The van der Waals surface area contributed by atoms with Crippen molar-refractivity contribution in [1.82, 2.24) is 0 Å². The van der Waals surface area contributed by atoms with Crippen molar-refractivity contribution < 1.29 is 31.1 Å². The van der Waals surface area contributed by atoms with Gasteiger partial charge in [-0.05, 0) is 49.4 Å². The summed E-state index contributed by atoms with van der Waals surface area (Å²) < 4.78 is 63.1. The van der Waals surface area contributed by atoms with Gasteiger partial charge >= 0.3 is 5.97 Å². The van der Waals surface area contributed by atoms with Crippen molar-refractivity contribution in [3.8, 4) is 16.2 Å². The van der Waals surface area contributed by atoms with Crippen LogP contribution in [0.4, 0.5) is 5.69 Å². The first-order valence-corrected chi connectivity index (χ1v) is 13.4. The fourth-order valence-corrected chi connectivity index (χ4v) is 5.78. The molecule has 3 aromatic rings. The van der Waals surface area contributed by atoms with Crippen LogP contribution in [-0.2, 0) is 24.6 Å². The number of sulfonamides is 1. The Morgan fingerprint density at radius 3 is 2.25 bits per heavy atom. The van der Waals surface area contributed by atoms with Gasteiger partial charge in [0, 0.05) is 21.6 Å². The average Bonchev–Trinajstić information content (AvgIpc) is 3.17. The summed E-state index contributed by atoms with van der Waals surface area (Å²) in [4.78, 5) is 13.3. The summed E-state index contributed by atoms with van der Waals surface area (Å²) in [7, 11) is -5.38. The lowest BCUT2D eigenvalue weighted by atomic mass is 10.1. The third-order valence-electron chi connectivity index (χ3n) is 4.54. The van der Waals surface area contributed by atoms with Crippen molar-refractivity contribution >= 4 is 42.9 Å². The van der Waals surface area contributed by atoms with Crippen molar-refractivity contribution in [3.05, 3.63) is 59.0 Å². The molecule has 1 heterocycles. The van der Waals surface area contributed by atoms with Gasteiger partial charge in [-0.1, -0.05) is 6.07 Å². The number of sulfone groups is 1. The van der Waals surface area contributed by atoms with Crippen LogP contribution in [-0.4, -0.2) is 43.3 Å². The van der Waals surface area contributed by atoms with E-state index in [1.165, 1.54) is 49.8 Å². The van der Waals surface area contributed by atoms with Crippen LogP contribution in [0.15, 0.2) is 58.3 Å². The first-order valence-electron chi connectivity index (χ1n) is 9.16. The Morgan fingerprint density at radius 1 is 0.969 bits per heavy atom. The van der Waals surface area contributed by atoms with Gasteiger partial charge in [0.2, 0.25) is 0 Å². The number of anilines is 1. The number of hydrogen-bond acceptors (Lipinski definition) is 8. The second-order valence-electron chi connectivity index (χ2n) is 6.85. The molecule has 0 aliphatic rings. The second kappa shape index (κ2) is 8.93. The van der Waals surface area contributed by atoms with Gasteiger partial charge in [0.1, 0.15) is 10.6 Å². The van der Waals surface area contributed by atoms with Crippen molar-refractivity contribution in [2.45, 2.75) is 16.7 Å². The van der Waals surface area contributed by atoms with Crippen molar-refractivity contribution in [2.24, 2.45) is 0 Å². The monoisotopic (exact) mass is 495 g/mol. The topological polar surface area (TPSA) is 116 Å². The average molecular weight is 496 g/mol. The zero-order valence-corrected chi connectivity index (χ0v) is 20.2. The molecule has 11 heteroatoms. The molecule has 0 saturated heterocycles. The number of thiophene rings is 1. The van der Waals surface area contributed by atoms with Crippen molar-refractivity contribution in [3.63, 3.8) is 0 Å². The predicted octanol–water partition coefficient (Wildman–Crippen LogP) is 3.72. The first kappa shape index (κ1) is 23.8. The van der Waals surface area contributed by atoms with E-state index in [-0.39, 0.29) is 26.8 Å². The number of methoxy groups -OCH3 is 2. The first-order chi connectivity index (χ1) is 15.0. The number of carbonyl (C=O) groups is 1. The number of hydrogen-bond donors (Lipinski definition) is 1. The molecule has 0 radical (unpaired) electrons. The highest BCUT2D eigenvalue weighted by molar-refractivity contribution is 7.93. The second-order valence-corrected chi connectivity index (χ2v) is 11.8. The molecule has 8 nitrogen and oxygen atoms in total. The Hall–Kier alpha value is -2.89. The Bertz CT molecular complexity index is 1390. The van der Waals surface area contributed by atoms with E-state index in [4.69, 9.17) is 4.74 Å². The molecule has 0 spiro atoms. The van der Waals surface area contributed by atoms with Crippen LogP contribution >= 0.6 is 11.3 Å². The van der Waals surface area contributed by atoms with Crippen LogP contribution < -0.4 is 9.46 Å². The molecule has 170 valence electrons. The predicted molar refractivity (Wildman–Crippen MR) is 123 cm³/mol. The fraction of sp³-hybridized carbons (Fsp3) is 0.190. The summed E-state index contributed by atoms with van der Waals surface area (Å²) in [5.74, 6) is -0.698. The molecule has 0 saturated carbocycles. The lowest BCUT2D eigenvalue weighted by Gasteiger charge is -2.16. The van der Waals surface area contributed by atoms with E-state index in [1.807, 2.05) is 19.1 Å². The van der Waals surface area contributed by atoms with Gasteiger partial charge < -0.3 is 9.47 Å². The van der Waals surface area contributed by atoms with E-state index < -0.39 is 25.8 Å². The summed E-state index contributed by atoms with van der Waals surface area (Å²) in [5.41, 5.74) is 0.620. The van der Waals surface area contributed by atoms with Gasteiger partial charge in [-0.25, -0.2) is 21.6 Å². The Balaban J connectivity index is 2.17. The van der Waals surface area contributed by atoms with Crippen LogP contribution in [0, 0.1) is 6.92 Å². The highest BCUT2D eigenvalue weighted by Gasteiger charge is 2.24. The van der Waals surface area contributed by atoms with Gasteiger partial charge in [-0.2, -0.15) is 0 Å². The van der Waals surface area contributed by atoms with Crippen LogP contribution in [0.2, 0.25) is 0 Å². The molecular weight excluding hydrogens is 474 g/mol. The zero-order valence-electron chi connectivity index (χ0n) is 17.7. The van der Waals surface area contributed by atoms with Gasteiger partial charge in [0.25, 0.3) is 10.0 Å². The number of esters is 1. The lowest BCUT2D eigenvalue weighted by molar-refractivity contribution is 0.0600. The molecule has 2 aromatic carbocycles. The van der Waals surface area contributed by atoms with E-state index in [0.29, 0.717) is 5.56 Å². The van der Waals surface area contributed by atoms with Crippen LogP contribution in [0.3, 0.4) is 0 Å². The standard InChI is InChI=1S/C21H21NO7S3/c1-13-5-10-19(30-13)16-8-7-15(31(4,24)25)12-17(16)22-32(26,27)20-11-14(21(23)29-3)6-9-18(20)28-2/h5-12,22H,1-4H3. The van der Waals surface area contributed by atoms with E-state index >= 15 is 0 Å². The molecule has 0 atom stereocenters. The number of rotatable bonds is 7. The molecule has 0 aliphatic carbocycles. The summed E-state index contributed by atoms with van der Waals surface area (Å²) in [6, 6.07) is 11.8. The molecule has 0 aliphatic heterocycles. The quantitative estimate of drug-likeness (QED) is 0.497. The minimum absolute atomic E-state index is 0.0120. The highest BCUT2D eigenvalue weighted by atomic mass is 32.2. The molecule has 32 heavy (non-hydrogen) atoms.